The van der Waals surface area contributed by atoms with Crippen molar-refractivity contribution in [1.29, 1.82) is 0 Å². The van der Waals surface area contributed by atoms with Crippen LogP contribution in [0.25, 0.3) is 0 Å². The highest BCUT2D eigenvalue weighted by molar-refractivity contribution is 7.10. The van der Waals surface area contributed by atoms with Crippen LogP contribution in [0.4, 0.5) is 5.69 Å². The maximum Gasteiger partial charge on any atom is 0.251 e. The Hall–Kier alpha value is -3.12. The number of amides is 2. The lowest BCUT2D eigenvalue weighted by atomic mass is 10.0. The van der Waals surface area contributed by atoms with Gasteiger partial charge in [-0.2, -0.15) is 0 Å². The molecule has 1 N–H and O–H groups in total. The van der Waals surface area contributed by atoms with Crippen LogP contribution in [0.1, 0.15) is 22.0 Å². The van der Waals surface area contributed by atoms with Crippen molar-refractivity contribution in [3.05, 3.63) is 82.0 Å². The molecule has 1 atom stereocenters. The third-order valence-corrected chi connectivity index (χ3v) is 5.56. The van der Waals surface area contributed by atoms with Gasteiger partial charge in [0.25, 0.3) is 5.91 Å². The lowest BCUT2D eigenvalue weighted by Gasteiger charge is -2.28. The zero-order chi connectivity index (χ0) is 20.8. The maximum atomic E-state index is 13.2. The van der Waals surface area contributed by atoms with E-state index in [2.05, 4.69) is 5.32 Å². The molecule has 0 bridgehead atoms. The van der Waals surface area contributed by atoms with E-state index in [4.69, 9.17) is 4.74 Å². The molecule has 0 fully saturated rings. The summed E-state index contributed by atoms with van der Waals surface area (Å²) < 4.78 is 5.16. The predicted octanol–water partition coefficient (Wildman–Crippen LogP) is 4.45. The molecule has 0 aliphatic heterocycles. The van der Waals surface area contributed by atoms with E-state index in [0.29, 0.717) is 11.4 Å². The molecule has 1 aromatic heterocycles. The Bertz CT molecular complexity index is 951. The van der Waals surface area contributed by atoms with Gasteiger partial charge in [-0.15, -0.1) is 11.3 Å². The molecule has 3 aromatic rings. The molecule has 5 nitrogen and oxygen atoms in total. The molecule has 2 aromatic carbocycles. The summed E-state index contributed by atoms with van der Waals surface area (Å²) in [6.45, 7) is 1.99. The minimum Gasteiger partial charge on any atom is -0.497 e. The maximum absolute atomic E-state index is 13.2. The summed E-state index contributed by atoms with van der Waals surface area (Å²) in [5, 5.41) is 4.86. The fourth-order valence-electron chi connectivity index (χ4n) is 3.02. The number of likely N-dealkylation sites (N-methyl/N-ethyl adjacent to an activating group) is 1. The predicted molar refractivity (Wildman–Crippen MR) is 116 cm³/mol. The highest BCUT2D eigenvalue weighted by Crippen LogP contribution is 2.24. The summed E-state index contributed by atoms with van der Waals surface area (Å²) in [5.41, 5.74) is 2.51. The molecule has 1 heterocycles. The van der Waals surface area contributed by atoms with Gasteiger partial charge in [-0.25, -0.2) is 0 Å². The average Bonchev–Trinajstić information content (AvgIpc) is 3.23. The molecule has 150 valence electrons. The summed E-state index contributed by atoms with van der Waals surface area (Å²) >= 11 is 1.53. The molecule has 0 spiro atoms. The zero-order valence-electron chi connectivity index (χ0n) is 16.7. The summed E-state index contributed by atoms with van der Waals surface area (Å²) in [6.07, 6.45) is 0.270. The molecule has 0 aliphatic carbocycles. The number of methoxy groups -OCH3 is 1. The van der Waals surface area contributed by atoms with Gasteiger partial charge in [0.1, 0.15) is 11.8 Å². The second-order valence-electron chi connectivity index (χ2n) is 6.79. The van der Waals surface area contributed by atoms with Crippen molar-refractivity contribution in [3.8, 4) is 5.75 Å². The first-order valence-electron chi connectivity index (χ1n) is 9.27. The number of nitrogens with zero attached hydrogens (tertiary/aromatic N) is 1. The molecule has 0 saturated carbocycles. The van der Waals surface area contributed by atoms with Crippen LogP contribution in [-0.2, 0) is 16.0 Å². The number of anilines is 1. The lowest BCUT2D eigenvalue weighted by molar-refractivity contribution is -0.136. The number of ether oxygens (including phenoxy) is 1. The first-order valence-corrected chi connectivity index (χ1v) is 10.2. The highest BCUT2D eigenvalue weighted by atomic mass is 32.1. The Kier molecular flexibility index (Phi) is 6.67. The molecule has 0 aliphatic rings. The smallest absolute Gasteiger partial charge is 0.251 e. The van der Waals surface area contributed by atoms with Gasteiger partial charge in [0.2, 0.25) is 5.91 Å². The van der Waals surface area contributed by atoms with Crippen molar-refractivity contribution >= 4 is 28.8 Å². The van der Waals surface area contributed by atoms with Crippen molar-refractivity contribution < 1.29 is 14.3 Å². The minimum absolute atomic E-state index is 0.108. The van der Waals surface area contributed by atoms with E-state index in [1.54, 1.807) is 38.4 Å². The van der Waals surface area contributed by atoms with Crippen LogP contribution in [0.2, 0.25) is 0 Å². The third kappa shape index (κ3) is 5.23. The quantitative estimate of drug-likeness (QED) is 0.629. The van der Waals surface area contributed by atoms with E-state index in [1.807, 2.05) is 48.7 Å². The van der Waals surface area contributed by atoms with Gasteiger partial charge in [-0.05, 0) is 48.2 Å². The summed E-state index contributed by atoms with van der Waals surface area (Å²) in [6, 6.07) is 17.9. The molecule has 0 saturated heterocycles. The van der Waals surface area contributed by atoms with Crippen molar-refractivity contribution in [2.24, 2.45) is 0 Å². The Morgan fingerprint density at radius 2 is 1.76 bits per heavy atom. The van der Waals surface area contributed by atoms with Crippen LogP contribution in [0.3, 0.4) is 0 Å². The highest BCUT2D eigenvalue weighted by Gasteiger charge is 2.29. The summed E-state index contributed by atoms with van der Waals surface area (Å²) in [5.74, 6) is 0.338. The van der Waals surface area contributed by atoms with E-state index in [9.17, 15) is 9.59 Å². The fourth-order valence-corrected chi connectivity index (χ4v) is 3.71. The first-order chi connectivity index (χ1) is 14.0. The SMILES string of the molecule is COc1ccc(NC(=O)[C@H](c2ccc(C)cc2)N(C)C(=O)Cc2cccs2)cc1. The van der Waals surface area contributed by atoms with Crippen LogP contribution in [0.5, 0.6) is 5.75 Å². The van der Waals surface area contributed by atoms with Gasteiger partial charge >= 0.3 is 0 Å². The standard InChI is InChI=1S/C23H24N2O3S/c1-16-6-8-17(9-7-16)22(25(2)21(26)15-20-5-4-14-29-20)23(27)24-18-10-12-19(28-3)13-11-18/h4-14,22H,15H2,1-3H3,(H,24,27)/t22-/m0/s1. The number of aryl methyl sites for hydroxylation is 1. The molecule has 0 unspecified atom stereocenters. The number of thiophene rings is 1. The lowest BCUT2D eigenvalue weighted by Crippen LogP contribution is -2.39. The number of hydrogen-bond donors (Lipinski definition) is 1. The Labute approximate surface area is 174 Å². The van der Waals surface area contributed by atoms with Crippen LogP contribution in [0, 0.1) is 6.92 Å². The molecular formula is C23H24N2O3S. The number of carbonyl (C=O) groups excluding carboxylic acids is 2. The topological polar surface area (TPSA) is 58.6 Å². The molecular weight excluding hydrogens is 384 g/mol. The first kappa shape index (κ1) is 20.6. The Morgan fingerprint density at radius 3 is 2.34 bits per heavy atom. The van der Waals surface area contributed by atoms with E-state index in [-0.39, 0.29) is 18.2 Å². The minimum atomic E-state index is -0.731. The Balaban J connectivity index is 1.84. The number of rotatable bonds is 7. The molecule has 0 radical (unpaired) electrons. The van der Waals surface area contributed by atoms with Crippen LogP contribution >= 0.6 is 11.3 Å². The molecule has 3 rings (SSSR count). The number of nitrogens with one attached hydrogen (secondary N) is 1. The zero-order valence-corrected chi connectivity index (χ0v) is 17.5. The summed E-state index contributed by atoms with van der Waals surface area (Å²) in [7, 11) is 3.27. The van der Waals surface area contributed by atoms with Gasteiger partial charge in [0, 0.05) is 17.6 Å². The van der Waals surface area contributed by atoms with Crippen molar-refractivity contribution in [2.75, 3.05) is 19.5 Å². The Morgan fingerprint density at radius 1 is 1.07 bits per heavy atom. The van der Waals surface area contributed by atoms with Crippen molar-refractivity contribution in [2.45, 2.75) is 19.4 Å². The molecule has 2 amide bonds. The number of carbonyl (C=O) groups is 2. The van der Waals surface area contributed by atoms with Crippen LogP contribution in [-0.4, -0.2) is 30.9 Å². The van der Waals surface area contributed by atoms with Gasteiger partial charge in [-0.1, -0.05) is 35.9 Å². The average molecular weight is 409 g/mol. The van der Waals surface area contributed by atoms with Gasteiger partial charge < -0.3 is 15.0 Å². The van der Waals surface area contributed by atoms with Crippen LogP contribution < -0.4 is 10.1 Å². The van der Waals surface area contributed by atoms with Gasteiger partial charge in [0.15, 0.2) is 0 Å². The van der Waals surface area contributed by atoms with E-state index < -0.39 is 6.04 Å². The van der Waals surface area contributed by atoms with Gasteiger partial charge in [-0.3, -0.25) is 9.59 Å². The normalized spacial score (nSPS) is 11.6. The second kappa shape index (κ2) is 9.39. The van der Waals surface area contributed by atoms with E-state index in [0.717, 1.165) is 16.0 Å². The van der Waals surface area contributed by atoms with E-state index in [1.165, 1.54) is 16.2 Å². The van der Waals surface area contributed by atoms with Crippen molar-refractivity contribution in [1.82, 2.24) is 4.90 Å². The second-order valence-corrected chi connectivity index (χ2v) is 7.82. The number of benzene rings is 2. The fraction of sp³-hybridized carbons (Fsp3) is 0.217. The van der Waals surface area contributed by atoms with Gasteiger partial charge in [0.05, 0.1) is 13.5 Å². The van der Waals surface area contributed by atoms with Crippen molar-refractivity contribution in [3.63, 3.8) is 0 Å². The van der Waals surface area contributed by atoms with E-state index >= 15 is 0 Å². The monoisotopic (exact) mass is 408 g/mol. The molecule has 6 heteroatoms. The van der Waals surface area contributed by atoms with Crippen LogP contribution in [0.15, 0.2) is 66.0 Å². The third-order valence-electron chi connectivity index (χ3n) is 4.69. The number of hydrogen-bond acceptors (Lipinski definition) is 4. The molecule has 29 heavy (non-hydrogen) atoms. The largest absolute Gasteiger partial charge is 0.497 e. The summed E-state index contributed by atoms with van der Waals surface area (Å²) in [4.78, 5) is 28.5.